The minimum absolute atomic E-state index is 0.0189. The summed E-state index contributed by atoms with van der Waals surface area (Å²) in [5, 5.41) is 2.88. The van der Waals surface area contributed by atoms with Crippen molar-refractivity contribution in [2.45, 2.75) is 44.0 Å². The van der Waals surface area contributed by atoms with E-state index in [2.05, 4.69) is 15.3 Å². The molecule has 0 atom stereocenters. The van der Waals surface area contributed by atoms with Gasteiger partial charge in [0, 0.05) is 18.4 Å². The molecule has 1 aliphatic carbocycles. The van der Waals surface area contributed by atoms with Gasteiger partial charge >= 0.3 is 6.18 Å². The molecule has 9 heteroatoms. The number of amides is 1. The van der Waals surface area contributed by atoms with Gasteiger partial charge in [-0.05, 0) is 49.9 Å². The maximum Gasteiger partial charge on any atom is 0.416 e. The number of alkyl halides is 3. The van der Waals surface area contributed by atoms with Crippen LogP contribution in [0, 0.1) is 0 Å². The van der Waals surface area contributed by atoms with Crippen LogP contribution in [0.15, 0.2) is 42.9 Å². The fourth-order valence-electron chi connectivity index (χ4n) is 3.00. The monoisotopic (exact) mass is 395 g/mol. The Labute approximate surface area is 160 Å². The van der Waals surface area contributed by atoms with E-state index in [9.17, 15) is 18.0 Å². The van der Waals surface area contributed by atoms with Crippen molar-refractivity contribution < 1.29 is 27.4 Å². The largest absolute Gasteiger partial charge is 0.484 e. The molecule has 1 aromatic heterocycles. The highest BCUT2D eigenvalue weighted by molar-refractivity contribution is 5.77. The van der Waals surface area contributed by atoms with Gasteiger partial charge in [-0.1, -0.05) is 0 Å². The number of carbonyl (C=O) groups is 1. The maximum atomic E-state index is 12.5. The lowest BCUT2D eigenvalue weighted by molar-refractivity contribution is -0.137. The van der Waals surface area contributed by atoms with Crippen molar-refractivity contribution in [2.24, 2.45) is 0 Å². The average Bonchev–Trinajstić information content (AvgIpc) is 2.68. The molecule has 1 N–H and O–H groups in total. The van der Waals surface area contributed by atoms with Crippen molar-refractivity contribution in [3.63, 3.8) is 0 Å². The standard InChI is InChI=1S/C19H20F3N3O3/c20-19(21,22)13-1-5-15(6-2-13)27-12-17(26)25-14-3-7-16(8-4-14)28-18-11-23-9-10-24-18/h1-2,5-6,9-11,14,16H,3-4,7-8,12H2,(H,25,26). The van der Waals surface area contributed by atoms with Crippen molar-refractivity contribution >= 4 is 5.91 Å². The molecule has 1 aliphatic rings. The number of benzene rings is 1. The Hall–Kier alpha value is -2.84. The Morgan fingerprint density at radius 3 is 2.43 bits per heavy atom. The van der Waals surface area contributed by atoms with E-state index < -0.39 is 11.7 Å². The van der Waals surface area contributed by atoms with E-state index in [0.29, 0.717) is 5.88 Å². The molecule has 1 fully saturated rings. The van der Waals surface area contributed by atoms with Gasteiger partial charge in [-0.25, -0.2) is 4.98 Å². The predicted octanol–water partition coefficient (Wildman–Crippen LogP) is 3.38. The van der Waals surface area contributed by atoms with E-state index in [4.69, 9.17) is 9.47 Å². The second kappa shape index (κ2) is 8.90. The molecule has 3 rings (SSSR count). The Morgan fingerprint density at radius 2 is 1.82 bits per heavy atom. The van der Waals surface area contributed by atoms with Gasteiger partial charge in [0.05, 0.1) is 11.8 Å². The first-order valence-electron chi connectivity index (χ1n) is 8.92. The lowest BCUT2D eigenvalue weighted by atomic mass is 9.93. The molecule has 0 saturated heterocycles. The van der Waals surface area contributed by atoms with Crippen LogP contribution >= 0.6 is 0 Å². The number of aromatic nitrogens is 2. The van der Waals surface area contributed by atoms with Crippen molar-refractivity contribution in [2.75, 3.05) is 6.61 Å². The molecule has 1 amide bonds. The summed E-state index contributed by atoms with van der Waals surface area (Å²) in [6.07, 6.45) is 3.42. The number of hydrogen-bond donors (Lipinski definition) is 1. The summed E-state index contributed by atoms with van der Waals surface area (Å²) in [5.41, 5.74) is -0.759. The van der Waals surface area contributed by atoms with Crippen molar-refractivity contribution in [1.82, 2.24) is 15.3 Å². The van der Waals surface area contributed by atoms with Gasteiger partial charge in [-0.3, -0.25) is 9.78 Å². The number of hydrogen-bond acceptors (Lipinski definition) is 5. The normalized spacial score (nSPS) is 19.7. The topological polar surface area (TPSA) is 73.3 Å². The highest BCUT2D eigenvalue weighted by Gasteiger charge is 2.30. The molecule has 6 nitrogen and oxygen atoms in total. The molecule has 1 heterocycles. The Balaban J connectivity index is 1.37. The third-order valence-electron chi connectivity index (χ3n) is 4.42. The highest BCUT2D eigenvalue weighted by atomic mass is 19.4. The third kappa shape index (κ3) is 5.83. The van der Waals surface area contributed by atoms with E-state index in [0.717, 1.165) is 37.8 Å². The fourth-order valence-corrected chi connectivity index (χ4v) is 3.00. The molecule has 1 saturated carbocycles. The highest BCUT2D eigenvalue weighted by Crippen LogP contribution is 2.30. The second-order valence-corrected chi connectivity index (χ2v) is 6.51. The summed E-state index contributed by atoms with van der Waals surface area (Å²) in [5.74, 6) is 0.391. The van der Waals surface area contributed by atoms with Gasteiger partial charge in [-0.15, -0.1) is 0 Å². The number of nitrogens with one attached hydrogen (secondary N) is 1. The molecule has 0 unspecified atom stereocenters. The van der Waals surface area contributed by atoms with E-state index in [-0.39, 0.29) is 30.4 Å². The summed E-state index contributed by atoms with van der Waals surface area (Å²) in [6.45, 7) is -0.249. The summed E-state index contributed by atoms with van der Waals surface area (Å²) in [6, 6.07) is 4.26. The number of carbonyl (C=O) groups excluding carboxylic acids is 1. The Bertz CT molecular complexity index is 761. The zero-order valence-corrected chi connectivity index (χ0v) is 15.0. The molecule has 150 valence electrons. The Morgan fingerprint density at radius 1 is 1.11 bits per heavy atom. The van der Waals surface area contributed by atoms with Gasteiger partial charge in [0.15, 0.2) is 6.61 Å². The summed E-state index contributed by atoms with van der Waals surface area (Å²) in [7, 11) is 0. The van der Waals surface area contributed by atoms with Gasteiger partial charge in [0.25, 0.3) is 5.91 Å². The summed E-state index contributed by atoms with van der Waals surface area (Å²) < 4.78 is 48.6. The number of rotatable bonds is 6. The second-order valence-electron chi connectivity index (χ2n) is 6.51. The van der Waals surface area contributed by atoms with Gasteiger partial charge < -0.3 is 14.8 Å². The summed E-state index contributed by atoms with van der Waals surface area (Å²) in [4.78, 5) is 20.0. The van der Waals surface area contributed by atoms with Crippen LogP contribution in [0.5, 0.6) is 11.6 Å². The van der Waals surface area contributed by atoms with Crippen molar-refractivity contribution in [3.05, 3.63) is 48.4 Å². The van der Waals surface area contributed by atoms with Crippen LogP contribution in [0.2, 0.25) is 0 Å². The summed E-state index contributed by atoms with van der Waals surface area (Å²) >= 11 is 0. The maximum absolute atomic E-state index is 12.5. The first-order valence-corrected chi connectivity index (χ1v) is 8.92. The van der Waals surface area contributed by atoms with Gasteiger partial charge in [0.1, 0.15) is 11.9 Å². The average molecular weight is 395 g/mol. The number of ether oxygens (including phenoxy) is 2. The van der Waals surface area contributed by atoms with Crippen LogP contribution in [-0.2, 0) is 11.0 Å². The van der Waals surface area contributed by atoms with Crippen LogP contribution < -0.4 is 14.8 Å². The number of nitrogens with zero attached hydrogens (tertiary/aromatic N) is 2. The van der Waals surface area contributed by atoms with E-state index in [1.807, 2.05) is 0 Å². The minimum Gasteiger partial charge on any atom is -0.484 e. The van der Waals surface area contributed by atoms with E-state index >= 15 is 0 Å². The van der Waals surface area contributed by atoms with Gasteiger partial charge in [0.2, 0.25) is 5.88 Å². The molecular weight excluding hydrogens is 375 g/mol. The molecule has 0 radical (unpaired) electrons. The first-order chi connectivity index (χ1) is 13.4. The molecule has 28 heavy (non-hydrogen) atoms. The molecule has 0 bridgehead atoms. The van der Waals surface area contributed by atoms with Crippen molar-refractivity contribution in [3.8, 4) is 11.6 Å². The van der Waals surface area contributed by atoms with E-state index in [1.54, 1.807) is 18.6 Å². The first kappa shape index (κ1) is 19.9. The fraction of sp³-hybridized carbons (Fsp3) is 0.421. The molecule has 0 aliphatic heterocycles. The lowest BCUT2D eigenvalue weighted by Gasteiger charge is -2.29. The third-order valence-corrected chi connectivity index (χ3v) is 4.42. The minimum atomic E-state index is -4.40. The predicted molar refractivity (Wildman–Crippen MR) is 93.8 cm³/mol. The quantitative estimate of drug-likeness (QED) is 0.812. The Kier molecular flexibility index (Phi) is 6.33. The lowest BCUT2D eigenvalue weighted by Crippen LogP contribution is -2.41. The van der Waals surface area contributed by atoms with E-state index in [1.165, 1.54) is 12.1 Å². The van der Waals surface area contributed by atoms with Crippen LogP contribution in [-0.4, -0.2) is 34.6 Å². The van der Waals surface area contributed by atoms with Crippen LogP contribution in [0.3, 0.4) is 0 Å². The smallest absolute Gasteiger partial charge is 0.416 e. The molecule has 1 aromatic carbocycles. The number of halogens is 3. The van der Waals surface area contributed by atoms with Crippen LogP contribution in [0.4, 0.5) is 13.2 Å². The molecule has 0 spiro atoms. The van der Waals surface area contributed by atoms with Gasteiger partial charge in [-0.2, -0.15) is 13.2 Å². The van der Waals surface area contributed by atoms with Crippen LogP contribution in [0.25, 0.3) is 0 Å². The van der Waals surface area contributed by atoms with Crippen LogP contribution in [0.1, 0.15) is 31.2 Å². The molecule has 2 aromatic rings. The zero-order valence-electron chi connectivity index (χ0n) is 15.0. The van der Waals surface area contributed by atoms with Crippen molar-refractivity contribution in [1.29, 1.82) is 0 Å². The zero-order chi connectivity index (χ0) is 20.0. The SMILES string of the molecule is O=C(COc1ccc(C(F)(F)F)cc1)NC1CCC(Oc2cnccn2)CC1. The molecular formula is C19H20F3N3O3.